The Hall–Kier alpha value is -1.13. The van der Waals surface area contributed by atoms with E-state index in [4.69, 9.17) is 11.6 Å². The number of halogens is 2. The standard InChI is InChI=1S/C12H12ClFO3/c1-11(17)5-12(6-11,10(15)16)8-3-2-7(13)4-9(8)14/h2-4,17H,5-6H2,1H3,(H,15,16). The molecule has 17 heavy (non-hydrogen) atoms. The number of rotatable bonds is 2. The molecule has 2 rings (SSSR count). The van der Waals surface area contributed by atoms with Crippen molar-refractivity contribution in [1.29, 1.82) is 0 Å². The summed E-state index contributed by atoms with van der Waals surface area (Å²) < 4.78 is 13.7. The first-order valence-corrected chi connectivity index (χ1v) is 5.56. The zero-order valence-corrected chi connectivity index (χ0v) is 9.96. The lowest BCUT2D eigenvalue weighted by atomic mass is 9.56. The van der Waals surface area contributed by atoms with Gasteiger partial charge in [0.05, 0.1) is 5.60 Å². The molecule has 0 spiro atoms. The lowest BCUT2D eigenvalue weighted by molar-refractivity contribution is -0.162. The van der Waals surface area contributed by atoms with Crippen LogP contribution in [0.2, 0.25) is 5.02 Å². The van der Waals surface area contributed by atoms with Crippen molar-refractivity contribution in [2.45, 2.75) is 30.8 Å². The zero-order valence-electron chi connectivity index (χ0n) is 9.20. The second kappa shape index (κ2) is 3.68. The number of hydrogen-bond donors (Lipinski definition) is 2. The molecule has 0 heterocycles. The molecule has 0 bridgehead atoms. The van der Waals surface area contributed by atoms with Crippen LogP contribution in [0.5, 0.6) is 0 Å². The van der Waals surface area contributed by atoms with Crippen LogP contribution < -0.4 is 0 Å². The van der Waals surface area contributed by atoms with Gasteiger partial charge in [-0.3, -0.25) is 4.79 Å². The fourth-order valence-electron chi connectivity index (χ4n) is 2.58. The van der Waals surface area contributed by atoms with Gasteiger partial charge in [-0.25, -0.2) is 4.39 Å². The first-order chi connectivity index (χ1) is 7.77. The largest absolute Gasteiger partial charge is 0.481 e. The zero-order chi connectivity index (χ0) is 12.8. The molecule has 0 radical (unpaired) electrons. The monoisotopic (exact) mass is 258 g/mol. The summed E-state index contributed by atoms with van der Waals surface area (Å²) in [4.78, 5) is 11.3. The van der Waals surface area contributed by atoms with Crippen LogP contribution >= 0.6 is 11.6 Å². The second-order valence-corrected chi connectivity index (χ2v) is 5.30. The molecule has 1 saturated carbocycles. The summed E-state index contributed by atoms with van der Waals surface area (Å²) in [5, 5.41) is 19.2. The van der Waals surface area contributed by atoms with Crippen LogP contribution in [0.25, 0.3) is 0 Å². The minimum absolute atomic E-state index is 0.00782. The van der Waals surface area contributed by atoms with E-state index in [0.29, 0.717) is 0 Å². The van der Waals surface area contributed by atoms with Crippen molar-refractivity contribution in [1.82, 2.24) is 0 Å². The maximum atomic E-state index is 13.7. The third kappa shape index (κ3) is 1.91. The summed E-state index contributed by atoms with van der Waals surface area (Å²) in [6, 6.07) is 3.92. The van der Waals surface area contributed by atoms with Gasteiger partial charge in [0.25, 0.3) is 0 Å². The van der Waals surface area contributed by atoms with Gasteiger partial charge in [0, 0.05) is 10.6 Å². The highest BCUT2D eigenvalue weighted by molar-refractivity contribution is 6.30. The van der Waals surface area contributed by atoms with E-state index >= 15 is 0 Å². The van der Waals surface area contributed by atoms with E-state index in [-0.39, 0.29) is 23.4 Å². The van der Waals surface area contributed by atoms with E-state index in [1.54, 1.807) is 6.92 Å². The van der Waals surface area contributed by atoms with E-state index in [0.717, 1.165) is 6.07 Å². The fourth-order valence-corrected chi connectivity index (χ4v) is 2.74. The van der Waals surface area contributed by atoms with E-state index in [1.807, 2.05) is 0 Å². The average molecular weight is 259 g/mol. The molecule has 5 heteroatoms. The van der Waals surface area contributed by atoms with Gasteiger partial charge in [-0.15, -0.1) is 0 Å². The minimum Gasteiger partial charge on any atom is -0.481 e. The Bertz CT molecular complexity index is 477. The number of carboxylic acid groups (broad SMARTS) is 1. The molecule has 3 nitrogen and oxygen atoms in total. The Morgan fingerprint density at radius 3 is 2.47 bits per heavy atom. The Labute approximate surface area is 103 Å². The van der Waals surface area contributed by atoms with Gasteiger partial charge in [0.1, 0.15) is 11.2 Å². The number of carboxylic acids is 1. The van der Waals surface area contributed by atoms with Crippen molar-refractivity contribution < 1.29 is 19.4 Å². The molecule has 1 aromatic carbocycles. The van der Waals surface area contributed by atoms with Crippen molar-refractivity contribution in [3.05, 3.63) is 34.6 Å². The van der Waals surface area contributed by atoms with Gasteiger partial charge < -0.3 is 10.2 Å². The second-order valence-electron chi connectivity index (χ2n) is 4.86. The molecule has 0 unspecified atom stereocenters. The molecule has 1 fully saturated rings. The highest BCUT2D eigenvalue weighted by Gasteiger charge is 2.58. The number of hydrogen-bond acceptors (Lipinski definition) is 2. The molecule has 0 atom stereocenters. The summed E-state index contributed by atoms with van der Waals surface area (Å²) >= 11 is 5.63. The minimum atomic E-state index is -1.34. The van der Waals surface area contributed by atoms with Crippen molar-refractivity contribution in [2.75, 3.05) is 0 Å². The van der Waals surface area contributed by atoms with Crippen molar-refractivity contribution in [3.63, 3.8) is 0 Å². The van der Waals surface area contributed by atoms with Crippen LogP contribution in [0, 0.1) is 5.82 Å². The first-order valence-electron chi connectivity index (χ1n) is 5.18. The van der Waals surface area contributed by atoms with E-state index < -0.39 is 22.8 Å². The predicted molar refractivity (Wildman–Crippen MR) is 60.6 cm³/mol. The molecule has 0 aromatic heterocycles. The van der Waals surface area contributed by atoms with Gasteiger partial charge in [-0.2, -0.15) is 0 Å². The molecule has 0 saturated heterocycles. The lowest BCUT2D eigenvalue weighted by Gasteiger charge is -2.49. The highest BCUT2D eigenvalue weighted by atomic mass is 35.5. The lowest BCUT2D eigenvalue weighted by Crippen LogP contribution is -2.57. The molecule has 0 amide bonds. The first kappa shape index (κ1) is 12.3. The Morgan fingerprint density at radius 1 is 1.47 bits per heavy atom. The number of carbonyl (C=O) groups is 1. The summed E-state index contributed by atoms with van der Waals surface area (Å²) in [6.07, 6.45) is 0.0156. The van der Waals surface area contributed by atoms with Crippen LogP contribution in [0.15, 0.2) is 18.2 Å². The number of benzene rings is 1. The van der Waals surface area contributed by atoms with Crippen LogP contribution in [0.1, 0.15) is 25.3 Å². The molecular formula is C12H12ClFO3. The molecular weight excluding hydrogens is 247 g/mol. The molecule has 1 aliphatic carbocycles. The molecule has 2 N–H and O–H groups in total. The quantitative estimate of drug-likeness (QED) is 0.856. The molecule has 1 aromatic rings. The van der Waals surface area contributed by atoms with Gasteiger partial charge >= 0.3 is 5.97 Å². The molecule has 0 aliphatic heterocycles. The summed E-state index contributed by atoms with van der Waals surface area (Å²) in [7, 11) is 0. The van der Waals surface area contributed by atoms with Crippen molar-refractivity contribution in [3.8, 4) is 0 Å². The van der Waals surface area contributed by atoms with Gasteiger partial charge in [-0.05, 0) is 31.9 Å². The third-order valence-electron chi connectivity index (χ3n) is 3.22. The third-order valence-corrected chi connectivity index (χ3v) is 3.46. The number of aliphatic carboxylic acids is 1. The maximum absolute atomic E-state index is 13.7. The van der Waals surface area contributed by atoms with Gasteiger partial charge in [0.15, 0.2) is 0 Å². The summed E-state index contributed by atoms with van der Waals surface area (Å²) in [6.45, 7) is 1.54. The highest BCUT2D eigenvalue weighted by Crippen LogP contribution is 2.51. The summed E-state index contributed by atoms with van der Waals surface area (Å²) in [5.74, 6) is -1.76. The fraction of sp³-hybridized carbons (Fsp3) is 0.417. The molecule has 1 aliphatic rings. The predicted octanol–water partition coefficient (Wildman–Crippen LogP) is 2.35. The Morgan fingerprint density at radius 2 is 2.06 bits per heavy atom. The summed E-state index contributed by atoms with van der Waals surface area (Å²) in [5.41, 5.74) is -2.30. The van der Waals surface area contributed by atoms with Crippen molar-refractivity contribution in [2.24, 2.45) is 0 Å². The Kier molecular flexibility index (Phi) is 2.67. The maximum Gasteiger partial charge on any atom is 0.314 e. The van der Waals surface area contributed by atoms with E-state index in [9.17, 15) is 19.4 Å². The topological polar surface area (TPSA) is 57.5 Å². The van der Waals surface area contributed by atoms with Crippen LogP contribution in [0.3, 0.4) is 0 Å². The Balaban J connectivity index is 2.46. The van der Waals surface area contributed by atoms with Crippen molar-refractivity contribution >= 4 is 17.6 Å². The van der Waals surface area contributed by atoms with Gasteiger partial charge in [-0.1, -0.05) is 17.7 Å². The van der Waals surface area contributed by atoms with Crippen LogP contribution in [0.4, 0.5) is 4.39 Å². The smallest absolute Gasteiger partial charge is 0.314 e. The molecule has 92 valence electrons. The van der Waals surface area contributed by atoms with E-state index in [2.05, 4.69) is 0 Å². The van der Waals surface area contributed by atoms with E-state index in [1.165, 1.54) is 12.1 Å². The van der Waals surface area contributed by atoms with Gasteiger partial charge in [0.2, 0.25) is 0 Å². The average Bonchev–Trinajstić information content (AvgIpc) is 2.13. The van der Waals surface area contributed by atoms with Crippen LogP contribution in [-0.4, -0.2) is 21.8 Å². The SMILES string of the molecule is CC1(O)CC(C(=O)O)(c2ccc(Cl)cc2F)C1. The number of aliphatic hydroxyl groups is 1. The van der Waals surface area contributed by atoms with Crippen LogP contribution in [-0.2, 0) is 10.2 Å². The normalized spacial score (nSPS) is 32.0.